The Morgan fingerprint density at radius 1 is 1.45 bits per heavy atom. The maximum Gasteiger partial charge on any atom is 0.265 e. The van der Waals surface area contributed by atoms with Gasteiger partial charge in [0.25, 0.3) is 5.91 Å². The molecule has 1 aromatic heterocycles. The number of nitrogens with zero attached hydrogens (tertiary/aromatic N) is 2. The summed E-state index contributed by atoms with van der Waals surface area (Å²) >= 11 is 3.21. The summed E-state index contributed by atoms with van der Waals surface area (Å²) in [5.41, 5.74) is 2.28. The molecule has 0 bridgehead atoms. The van der Waals surface area contributed by atoms with E-state index in [4.69, 9.17) is 4.74 Å². The molecule has 0 radical (unpaired) electrons. The van der Waals surface area contributed by atoms with Gasteiger partial charge < -0.3 is 10.1 Å². The number of hydrogen-bond acceptors (Lipinski definition) is 3. The molecule has 118 valence electrons. The number of carbonyl (C=O) groups excluding carboxylic acids is 1. The van der Waals surface area contributed by atoms with Crippen molar-refractivity contribution >= 4 is 27.5 Å². The summed E-state index contributed by atoms with van der Waals surface area (Å²) < 4.78 is 20.8. The fourth-order valence-electron chi connectivity index (χ4n) is 1.99. The first-order valence-corrected chi connectivity index (χ1v) is 7.51. The number of rotatable bonds is 4. The minimum absolute atomic E-state index is 0.296. The number of aromatic nitrogens is 2. The van der Waals surface area contributed by atoms with Crippen molar-refractivity contribution in [1.29, 1.82) is 0 Å². The Morgan fingerprint density at radius 2 is 2.14 bits per heavy atom. The van der Waals surface area contributed by atoms with Crippen molar-refractivity contribution < 1.29 is 13.9 Å². The Balaban J connectivity index is 2.09. The largest absolute Gasteiger partial charge is 0.480 e. The number of amides is 1. The summed E-state index contributed by atoms with van der Waals surface area (Å²) in [6.45, 7) is 5.33. The van der Waals surface area contributed by atoms with Crippen LogP contribution in [0.5, 0.6) is 5.75 Å². The number of hydrogen-bond donors (Lipinski definition) is 1. The summed E-state index contributed by atoms with van der Waals surface area (Å²) in [7, 11) is 1.81. The zero-order valence-electron chi connectivity index (χ0n) is 12.8. The van der Waals surface area contributed by atoms with Crippen molar-refractivity contribution in [1.82, 2.24) is 9.78 Å². The van der Waals surface area contributed by atoms with E-state index in [9.17, 15) is 9.18 Å². The number of nitrogens with one attached hydrogen (secondary N) is 1. The molecule has 2 aromatic rings. The Bertz CT molecular complexity index is 715. The van der Waals surface area contributed by atoms with Gasteiger partial charge in [-0.15, -0.1) is 0 Å². The summed E-state index contributed by atoms with van der Waals surface area (Å²) in [4.78, 5) is 12.2. The lowest BCUT2D eigenvalue weighted by Gasteiger charge is -2.16. The van der Waals surface area contributed by atoms with E-state index in [-0.39, 0.29) is 11.7 Å². The number of aryl methyl sites for hydroxylation is 2. The minimum Gasteiger partial charge on any atom is -0.480 e. The molecule has 0 aliphatic carbocycles. The third-order valence-corrected chi connectivity index (χ3v) is 3.94. The predicted molar refractivity (Wildman–Crippen MR) is 85.5 cm³/mol. The maximum atomic E-state index is 13.0. The Labute approximate surface area is 136 Å². The molecule has 1 atom stereocenters. The third-order valence-electron chi connectivity index (χ3n) is 3.32. The summed E-state index contributed by atoms with van der Waals surface area (Å²) in [6, 6.07) is 4.04. The Hall–Kier alpha value is -1.89. The van der Waals surface area contributed by atoms with Crippen LogP contribution in [0.3, 0.4) is 0 Å². The molecule has 0 aliphatic rings. The topological polar surface area (TPSA) is 56.2 Å². The molecular weight excluding hydrogens is 353 g/mol. The number of halogens is 2. The first kappa shape index (κ1) is 16.5. The monoisotopic (exact) mass is 369 g/mol. The lowest BCUT2D eigenvalue weighted by Crippen LogP contribution is -2.30. The molecule has 0 aliphatic heterocycles. The van der Waals surface area contributed by atoms with Gasteiger partial charge >= 0.3 is 0 Å². The average Bonchev–Trinajstić information content (AvgIpc) is 2.68. The van der Waals surface area contributed by atoms with E-state index in [0.29, 0.717) is 15.9 Å². The van der Waals surface area contributed by atoms with Crippen LogP contribution in [0, 0.1) is 19.7 Å². The fraction of sp³-hybridized carbons (Fsp3) is 0.333. The highest BCUT2D eigenvalue weighted by atomic mass is 79.9. The van der Waals surface area contributed by atoms with Gasteiger partial charge in [0, 0.05) is 7.05 Å². The second kappa shape index (κ2) is 6.48. The fourth-order valence-corrected chi connectivity index (χ4v) is 2.44. The van der Waals surface area contributed by atoms with Gasteiger partial charge in [-0.3, -0.25) is 9.48 Å². The first-order valence-electron chi connectivity index (χ1n) is 6.72. The smallest absolute Gasteiger partial charge is 0.265 e. The zero-order chi connectivity index (χ0) is 16.4. The SMILES string of the molecule is Cc1nn(C)c(C)c1NC(=O)C(C)Oc1ccc(F)cc1Br. The van der Waals surface area contributed by atoms with Gasteiger partial charge in [0.05, 0.1) is 21.5 Å². The normalized spacial score (nSPS) is 12.1. The van der Waals surface area contributed by atoms with Crippen LogP contribution in [0.4, 0.5) is 10.1 Å². The van der Waals surface area contributed by atoms with Gasteiger partial charge in [-0.1, -0.05) is 0 Å². The van der Waals surface area contributed by atoms with Crippen molar-refractivity contribution in [3.8, 4) is 5.75 Å². The van der Waals surface area contributed by atoms with Crippen LogP contribution in [-0.2, 0) is 11.8 Å². The molecule has 0 fully saturated rings. The minimum atomic E-state index is -0.735. The molecule has 1 amide bonds. The zero-order valence-corrected chi connectivity index (χ0v) is 14.4. The van der Waals surface area contributed by atoms with Crippen LogP contribution >= 0.6 is 15.9 Å². The van der Waals surface area contributed by atoms with Crippen molar-refractivity contribution in [2.24, 2.45) is 7.05 Å². The van der Waals surface area contributed by atoms with E-state index in [2.05, 4.69) is 26.3 Å². The standard InChI is InChI=1S/C15H17BrFN3O2/c1-8-14(9(2)20(4)19-8)18-15(21)10(3)22-13-6-5-11(17)7-12(13)16/h5-7,10H,1-4H3,(H,18,21). The van der Waals surface area contributed by atoms with E-state index in [1.807, 2.05) is 20.9 Å². The van der Waals surface area contributed by atoms with Crippen molar-refractivity contribution in [2.75, 3.05) is 5.32 Å². The molecule has 0 saturated carbocycles. The van der Waals surface area contributed by atoms with Crippen LogP contribution < -0.4 is 10.1 Å². The highest BCUT2D eigenvalue weighted by Crippen LogP contribution is 2.27. The highest BCUT2D eigenvalue weighted by Gasteiger charge is 2.19. The first-order chi connectivity index (χ1) is 10.3. The van der Waals surface area contributed by atoms with E-state index in [1.165, 1.54) is 18.2 Å². The lowest BCUT2D eigenvalue weighted by molar-refractivity contribution is -0.122. The average molecular weight is 370 g/mol. The molecule has 0 saturated heterocycles. The molecule has 22 heavy (non-hydrogen) atoms. The Kier molecular flexibility index (Phi) is 4.85. The number of ether oxygens (including phenoxy) is 1. The molecule has 1 heterocycles. The van der Waals surface area contributed by atoms with E-state index >= 15 is 0 Å². The van der Waals surface area contributed by atoms with E-state index in [0.717, 1.165) is 11.4 Å². The van der Waals surface area contributed by atoms with Gasteiger partial charge in [-0.05, 0) is 54.9 Å². The molecule has 2 rings (SSSR count). The number of carbonyl (C=O) groups is 1. The van der Waals surface area contributed by atoms with Crippen molar-refractivity contribution in [2.45, 2.75) is 26.9 Å². The molecular formula is C15H17BrFN3O2. The third kappa shape index (κ3) is 3.47. The summed E-state index contributed by atoms with van der Waals surface area (Å²) in [5.74, 6) is -0.267. The molecule has 0 spiro atoms. The van der Waals surface area contributed by atoms with Gasteiger partial charge in [0.15, 0.2) is 6.10 Å². The summed E-state index contributed by atoms with van der Waals surface area (Å²) in [6.07, 6.45) is -0.735. The maximum absolute atomic E-state index is 13.0. The lowest BCUT2D eigenvalue weighted by atomic mass is 10.2. The predicted octanol–water partition coefficient (Wildman–Crippen LogP) is 3.34. The number of anilines is 1. The van der Waals surface area contributed by atoms with Gasteiger partial charge in [-0.2, -0.15) is 5.10 Å². The second-order valence-corrected chi connectivity index (χ2v) is 5.85. The second-order valence-electron chi connectivity index (χ2n) is 4.99. The van der Waals surface area contributed by atoms with Gasteiger partial charge in [0.1, 0.15) is 11.6 Å². The van der Waals surface area contributed by atoms with Crippen LogP contribution in [0.2, 0.25) is 0 Å². The van der Waals surface area contributed by atoms with Crippen LogP contribution in [-0.4, -0.2) is 21.8 Å². The van der Waals surface area contributed by atoms with E-state index in [1.54, 1.807) is 11.6 Å². The van der Waals surface area contributed by atoms with Crippen LogP contribution in [0.1, 0.15) is 18.3 Å². The quantitative estimate of drug-likeness (QED) is 0.898. The van der Waals surface area contributed by atoms with Crippen molar-refractivity contribution in [3.63, 3.8) is 0 Å². The van der Waals surface area contributed by atoms with Crippen molar-refractivity contribution in [3.05, 3.63) is 39.9 Å². The van der Waals surface area contributed by atoms with E-state index < -0.39 is 6.10 Å². The van der Waals surface area contributed by atoms with Crippen LogP contribution in [0.15, 0.2) is 22.7 Å². The molecule has 1 N–H and O–H groups in total. The molecule has 7 heteroatoms. The van der Waals surface area contributed by atoms with Crippen LogP contribution in [0.25, 0.3) is 0 Å². The van der Waals surface area contributed by atoms with Gasteiger partial charge in [0.2, 0.25) is 0 Å². The van der Waals surface area contributed by atoms with Gasteiger partial charge in [-0.25, -0.2) is 4.39 Å². The highest BCUT2D eigenvalue weighted by molar-refractivity contribution is 9.10. The molecule has 1 aromatic carbocycles. The Morgan fingerprint density at radius 3 is 2.68 bits per heavy atom. The summed E-state index contributed by atoms with van der Waals surface area (Å²) in [5, 5.41) is 7.06. The molecule has 5 nitrogen and oxygen atoms in total. The molecule has 1 unspecified atom stereocenters. The number of benzene rings is 1.